The van der Waals surface area contributed by atoms with Crippen molar-refractivity contribution in [2.75, 3.05) is 26.8 Å². The summed E-state index contributed by atoms with van der Waals surface area (Å²) in [5, 5.41) is 5.71. The van der Waals surface area contributed by atoms with Crippen LogP contribution < -0.4 is 10.6 Å². The summed E-state index contributed by atoms with van der Waals surface area (Å²) in [5.41, 5.74) is -0.268. The first-order valence-corrected chi connectivity index (χ1v) is 6.10. The lowest BCUT2D eigenvalue weighted by Gasteiger charge is -2.38. The molecule has 0 aromatic rings. The molecule has 1 rings (SSSR count). The Kier molecular flexibility index (Phi) is 5.10. The van der Waals surface area contributed by atoms with Crippen LogP contribution in [0, 0.1) is 5.92 Å². The van der Waals surface area contributed by atoms with Gasteiger partial charge in [0.05, 0.1) is 12.7 Å². The molecule has 0 aromatic carbocycles. The van der Waals surface area contributed by atoms with Gasteiger partial charge in [-0.15, -0.1) is 0 Å². The summed E-state index contributed by atoms with van der Waals surface area (Å²) < 4.78 is 10.1. The van der Waals surface area contributed by atoms with Gasteiger partial charge in [0.25, 0.3) is 0 Å². The van der Waals surface area contributed by atoms with Gasteiger partial charge in [0.15, 0.2) is 0 Å². The molecule has 0 aromatic heterocycles. The van der Waals surface area contributed by atoms with Crippen molar-refractivity contribution in [3.63, 3.8) is 0 Å². The third-order valence-corrected chi connectivity index (χ3v) is 2.99. The van der Waals surface area contributed by atoms with E-state index in [1.54, 1.807) is 0 Å². The minimum absolute atomic E-state index is 0.0256. The topological polar surface area (TPSA) is 76.7 Å². The second kappa shape index (κ2) is 6.15. The first-order chi connectivity index (χ1) is 8.38. The lowest BCUT2D eigenvalue weighted by atomic mass is 10.0. The van der Waals surface area contributed by atoms with E-state index in [1.165, 1.54) is 7.11 Å². The fraction of sp³-hybridized carbons (Fsp3) is 0.833. The third kappa shape index (κ3) is 3.96. The SMILES string of the molecule is COC(=O)[C@@H](NC(=O)COC1(C)CNC1)C(C)C. The summed E-state index contributed by atoms with van der Waals surface area (Å²) in [7, 11) is 1.31. The van der Waals surface area contributed by atoms with Crippen molar-refractivity contribution in [2.45, 2.75) is 32.4 Å². The van der Waals surface area contributed by atoms with Gasteiger partial charge in [0, 0.05) is 13.1 Å². The zero-order chi connectivity index (χ0) is 13.8. The second-order valence-corrected chi connectivity index (χ2v) is 5.15. The predicted octanol–water partition coefficient (Wildman–Crippen LogP) is -0.321. The smallest absolute Gasteiger partial charge is 0.328 e. The third-order valence-electron chi connectivity index (χ3n) is 2.99. The van der Waals surface area contributed by atoms with E-state index in [0.717, 1.165) is 13.1 Å². The molecule has 0 saturated carbocycles. The fourth-order valence-electron chi connectivity index (χ4n) is 1.66. The van der Waals surface area contributed by atoms with Gasteiger partial charge in [-0.2, -0.15) is 0 Å². The van der Waals surface area contributed by atoms with Gasteiger partial charge in [0.2, 0.25) is 5.91 Å². The lowest BCUT2D eigenvalue weighted by Crippen LogP contribution is -2.60. The number of carbonyl (C=O) groups is 2. The van der Waals surface area contributed by atoms with Crippen LogP contribution in [-0.4, -0.2) is 50.3 Å². The summed E-state index contributed by atoms with van der Waals surface area (Å²) in [5.74, 6) is -0.760. The zero-order valence-electron chi connectivity index (χ0n) is 11.4. The Balaban J connectivity index is 2.39. The first-order valence-electron chi connectivity index (χ1n) is 6.10. The minimum Gasteiger partial charge on any atom is -0.467 e. The highest BCUT2D eigenvalue weighted by molar-refractivity contribution is 5.85. The summed E-state index contributed by atoms with van der Waals surface area (Å²) in [4.78, 5) is 23.2. The molecule has 1 fully saturated rings. The highest BCUT2D eigenvalue weighted by Gasteiger charge is 2.33. The number of rotatable bonds is 6. The monoisotopic (exact) mass is 258 g/mol. The molecule has 6 heteroatoms. The maximum Gasteiger partial charge on any atom is 0.328 e. The van der Waals surface area contributed by atoms with Crippen LogP contribution in [0.4, 0.5) is 0 Å². The molecule has 1 saturated heterocycles. The highest BCUT2D eigenvalue weighted by atomic mass is 16.5. The van der Waals surface area contributed by atoms with Crippen LogP contribution in [0.3, 0.4) is 0 Å². The molecule has 0 aliphatic carbocycles. The average Bonchev–Trinajstić information content (AvgIpc) is 2.29. The molecule has 2 N–H and O–H groups in total. The Morgan fingerprint density at radius 1 is 1.39 bits per heavy atom. The van der Waals surface area contributed by atoms with Gasteiger partial charge in [-0.25, -0.2) is 4.79 Å². The van der Waals surface area contributed by atoms with Gasteiger partial charge >= 0.3 is 5.97 Å². The molecule has 18 heavy (non-hydrogen) atoms. The van der Waals surface area contributed by atoms with Crippen molar-refractivity contribution in [3.05, 3.63) is 0 Å². The fourth-order valence-corrected chi connectivity index (χ4v) is 1.66. The van der Waals surface area contributed by atoms with E-state index in [0.29, 0.717) is 0 Å². The molecule has 0 spiro atoms. The molecule has 0 radical (unpaired) electrons. The predicted molar refractivity (Wildman–Crippen MR) is 66.0 cm³/mol. The first kappa shape index (κ1) is 14.9. The zero-order valence-corrected chi connectivity index (χ0v) is 11.4. The number of amides is 1. The number of esters is 1. The van der Waals surface area contributed by atoms with Crippen LogP contribution in [0.2, 0.25) is 0 Å². The van der Waals surface area contributed by atoms with E-state index >= 15 is 0 Å². The number of ether oxygens (including phenoxy) is 2. The van der Waals surface area contributed by atoms with E-state index in [-0.39, 0.29) is 24.0 Å². The van der Waals surface area contributed by atoms with Gasteiger partial charge in [-0.3, -0.25) is 4.79 Å². The summed E-state index contributed by atoms with van der Waals surface area (Å²) >= 11 is 0. The maximum atomic E-state index is 11.7. The lowest BCUT2D eigenvalue weighted by molar-refractivity contribution is -0.148. The van der Waals surface area contributed by atoms with Crippen molar-refractivity contribution >= 4 is 11.9 Å². The Morgan fingerprint density at radius 2 is 2.00 bits per heavy atom. The Morgan fingerprint density at radius 3 is 2.39 bits per heavy atom. The van der Waals surface area contributed by atoms with Crippen LogP contribution in [0.15, 0.2) is 0 Å². The molecule has 1 heterocycles. The van der Waals surface area contributed by atoms with E-state index in [1.807, 2.05) is 20.8 Å². The molecule has 104 valence electrons. The quantitative estimate of drug-likeness (QED) is 0.638. The molecule has 1 aliphatic heterocycles. The number of methoxy groups -OCH3 is 1. The van der Waals surface area contributed by atoms with Crippen molar-refractivity contribution in [2.24, 2.45) is 5.92 Å². The van der Waals surface area contributed by atoms with E-state index in [2.05, 4.69) is 15.4 Å². The van der Waals surface area contributed by atoms with Gasteiger partial charge in [-0.1, -0.05) is 13.8 Å². The number of carbonyl (C=O) groups excluding carboxylic acids is 2. The van der Waals surface area contributed by atoms with Crippen LogP contribution in [-0.2, 0) is 19.1 Å². The maximum absolute atomic E-state index is 11.7. The number of nitrogens with one attached hydrogen (secondary N) is 2. The summed E-state index contributed by atoms with van der Waals surface area (Å²) in [6.45, 7) is 7.07. The van der Waals surface area contributed by atoms with Crippen LogP contribution in [0.5, 0.6) is 0 Å². The number of hydrogen-bond donors (Lipinski definition) is 2. The molecule has 1 aliphatic rings. The molecular formula is C12H22N2O4. The molecule has 1 amide bonds. The molecular weight excluding hydrogens is 236 g/mol. The van der Waals surface area contributed by atoms with Crippen LogP contribution >= 0.6 is 0 Å². The Hall–Kier alpha value is -1.14. The van der Waals surface area contributed by atoms with E-state index in [4.69, 9.17) is 4.74 Å². The van der Waals surface area contributed by atoms with Crippen LogP contribution in [0.25, 0.3) is 0 Å². The molecule has 0 unspecified atom stereocenters. The van der Waals surface area contributed by atoms with Crippen molar-refractivity contribution < 1.29 is 19.1 Å². The summed E-state index contributed by atoms with van der Waals surface area (Å²) in [6, 6.07) is -0.626. The minimum atomic E-state index is -0.626. The van der Waals surface area contributed by atoms with E-state index < -0.39 is 12.0 Å². The summed E-state index contributed by atoms with van der Waals surface area (Å²) in [6.07, 6.45) is 0. The van der Waals surface area contributed by atoms with Gasteiger partial charge < -0.3 is 20.1 Å². The van der Waals surface area contributed by atoms with Crippen molar-refractivity contribution in [1.82, 2.24) is 10.6 Å². The Labute approximate surface area is 107 Å². The number of hydrogen-bond acceptors (Lipinski definition) is 5. The Bertz CT molecular complexity index is 313. The van der Waals surface area contributed by atoms with Crippen molar-refractivity contribution in [1.29, 1.82) is 0 Å². The second-order valence-electron chi connectivity index (χ2n) is 5.15. The van der Waals surface area contributed by atoms with E-state index in [9.17, 15) is 9.59 Å². The van der Waals surface area contributed by atoms with Gasteiger partial charge in [0.1, 0.15) is 12.6 Å². The standard InChI is InChI=1S/C12H22N2O4/c1-8(2)10(11(16)17-4)14-9(15)5-18-12(3)6-13-7-12/h8,10,13H,5-7H2,1-4H3,(H,14,15)/t10-/m0/s1. The van der Waals surface area contributed by atoms with Crippen molar-refractivity contribution in [3.8, 4) is 0 Å². The molecule has 6 nitrogen and oxygen atoms in total. The molecule has 1 atom stereocenters. The van der Waals surface area contributed by atoms with Gasteiger partial charge in [-0.05, 0) is 12.8 Å². The average molecular weight is 258 g/mol. The largest absolute Gasteiger partial charge is 0.467 e. The molecule has 0 bridgehead atoms. The normalized spacial score (nSPS) is 18.9. The highest BCUT2D eigenvalue weighted by Crippen LogP contribution is 2.14. The van der Waals surface area contributed by atoms with Crippen LogP contribution in [0.1, 0.15) is 20.8 Å².